The van der Waals surface area contributed by atoms with Crippen molar-refractivity contribution in [2.24, 2.45) is 0 Å². The fraction of sp³-hybridized carbons (Fsp3) is 0.143. The van der Waals surface area contributed by atoms with E-state index in [-0.39, 0.29) is 11.3 Å². The summed E-state index contributed by atoms with van der Waals surface area (Å²) in [6.07, 6.45) is 2.37. The summed E-state index contributed by atoms with van der Waals surface area (Å²) >= 11 is 0. The van der Waals surface area contributed by atoms with E-state index in [0.717, 1.165) is 10.9 Å². The first-order chi connectivity index (χ1) is 8.13. The van der Waals surface area contributed by atoms with Gasteiger partial charge in [-0.25, -0.2) is 4.79 Å². The third-order valence-corrected chi connectivity index (χ3v) is 2.59. The second-order valence-electron chi connectivity index (χ2n) is 3.83. The number of hydrogen-bond donors (Lipinski definition) is 0. The lowest BCUT2D eigenvalue weighted by atomic mass is 10.1. The molecule has 0 aliphatic rings. The highest BCUT2D eigenvalue weighted by Crippen LogP contribution is 2.19. The number of carbonyl (C=O) groups is 1. The number of hydrogen-bond acceptors (Lipinski definition) is 3. The maximum absolute atomic E-state index is 11.6. The van der Waals surface area contributed by atoms with Gasteiger partial charge < -0.3 is 4.42 Å². The van der Waals surface area contributed by atoms with Gasteiger partial charge in [0.25, 0.3) is 0 Å². The van der Waals surface area contributed by atoms with Crippen LogP contribution in [0.15, 0.2) is 46.1 Å². The van der Waals surface area contributed by atoms with Gasteiger partial charge >= 0.3 is 5.63 Å². The van der Waals surface area contributed by atoms with E-state index in [1.807, 2.05) is 18.2 Å². The van der Waals surface area contributed by atoms with E-state index in [2.05, 4.69) is 6.58 Å². The standard InChI is InChI=1S/C14H12O3/c1-3-5-10-6-4-7-11-8-12(9(2)15)14(16)17-13(10)11/h3-4,6-8H,1,5H2,2H3. The maximum atomic E-state index is 11.6. The fourth-order valence-corrected chi connectivity index (χ4v) is 1.77. The van der Waals surface area contributed by atoms with Crippen molar-refractivity contribution < 1.29 is 9.21 Å². The van der Waals surface area contributed by atoms with Crippen LogP contribution in [0, 0.1) is 0 Å². The van der Waals surface area contributed by atoms with Gasteiger partial charge in [-0.2, -0.15) is 0 Å². The van der Waals surface area contributed by atoms with Gasteiger partial charge in [-0.3, -0.25) is 4.79 Å². The first kappa shape index (κ1) is 11.3. The molecular formula is C14H12O3. The van der Waals surface area contributed by atoms with Crippen LogP contribution in [0.25, 0.3) is 11.0 Å². The molecule has 0 unspecified atom stereocenters. The molecule has 3 nitrogen and oxygen atoms in total. The van der Waals surface area contributed by atoms with Crippen molar-refractivity contribution in [1.29, 1.82) is 0 Å². The number of carbonyl (C=O) groups excluding carboxylic acids is 1. The number of para-hydroxylation sites is 1. The smallest absolute Gasteiger partial charge is 0.347 e. The molecular weight excluding hydrogens is 216 g/mol. The van der Waals surface area contributed by atoms with Gasteiger partial charge in [-0.05, 0) is 25.0 Å². The van der Waals surface area contributed by atoms with E-state index in [1.54, 1.807) is 12.1 Å². The van der Waals surface area contributed by atoms with Gasteiger partial charge in [0.15, 0.2) is 5.78 Å². The third kappa shape index (κ3) is 2.04. The number of fused-ring (bicyclic) bond motifs is 1. The van der Waals surface area contributed by atoms with Crippen LogP contribution in [0.1, 0.15) is 22.8 Å². The number of benzene rings is 1. The lowest BCUT2D eigenvalue weighted by Gasteiger charge is -2.03. The SMILES string of the molecule is C=CCc1cccc2cc(C(C)=O)c(=O)oc12. The highest BCUT2D eigenvalue weighted by molar-refractivity contribution is 5.96. The Bertz CT molecular complexity index is 650. The summed E-state index contributed by atoms with van der Waals surface area (Å²) in [5, 5.41) is 0.758. The summed E-state index contributed by atoms with van der Waals surface area (Å²) in [4.78, 5) is 22.9. The third-order valence-electron chi connectivity index (χ3n) is 2.59. The van der Waals surface area contributed by atoms with Gasteiger partial charge in [0.05, 0.1) is 0 Å². The molecule has 0 radical (unpaired) electrons. The molecule has 0 amide bonds. The van der Waals surface area contributed by atoms with Crippen LogP contribution < -0.4 is 5.63 Å². The largest absolute Gasteiger partial charge is 0.422 e. The van der Waals surface area contributed by atoms with Crippen LogP contribution in [-0.4, -0.2) is 5.78 Å². The molecule has 2 rings (SSSR count). The predicted octanol–water partition coefficient (Wildman–Crippen LogP) is 2.72. The summed E-state index contributed by atoms with van der Waals surface area (Å²) in [5.41, 5.74) is 0.932. The second kappa shape index (κ2) is 4.37. The lowest BCUT2D eigenvalue weighted by molar-refractivity contribution is 0.101. The normalized spacial score (nSPS) is 10.4. The first-order valence-electron chi connectivity index (χ1n) is 5.31. The summed E-state index contributed by atoms with van der Waals surface area (Å²) < 4.78 is 5.21. The van der Waals surface area contributed by atoms with Crippen molar-refractivity contribution in [3.8, 4) is 0 Å². The highest BCUT2D eigenvalue weighted by Gasteiger charge is 2.10. The average molecular weight is 228 g/mol. The van der Waals surface area contributed by atoms with Gasteiger partial charge in [-0.1, -0.05) is 24.3 Å². The molecule has 86 valence electrons. The monoisotopic (exact) mass is 228 g/mol. The fourth-order valence-electron chi connectivity index (χ4n) is 1.77. The molecule has 1 aromatic heterocycles. The Hall–Kier alpha value is -2.16. The molecule has 2 aromatic rings. The molecule has 1 aromatic carbocycles. The summed E-state index contributed by atoms with van der Waals surface area (Å²) in [5.74, 6) is -0.283. The zero-order chi connectivity index (χ0) is 12.4. The molecule has 0 saturated carbocycles. The molecule has 0 fully saturated rings. The lowest BCUT2D eigenvalue weighted by Crippen LogP contribution is -2.11. The molecule has 0 aliphatic heterocycles. The highest BCUT2D eigenvalue weighted by atomic mass is 16.4. The quantitative estimate of drug-likeness (QED) is 0.461. The summed E-state index contributed by atoms with van der Waals surface area (Å²) in [6.45, 7) is 5.01. The summed E-state index contributed by atoms with van der Waals surface area (Å²) in [6, 6.07) is 7.14. The molecule has 0 N–H and O–H groups in total. The van der Waals surface area contributed by atoms with Gasteiger partial charge in [0, 0.05) is 5.39 Å². The molecule has 3 heteroatoms. The number of allylic oxidation sites excluding steroid dienone is 1. The van der Waals surface area contributed by atoms with Crippen LogP contribution >= 0.6 is 0 Å². The van der Waals surface area contributed by atoms with E-state index in [1.165, 1.54) is 6.92 Å². The van der Waals surface area contributed by atoms with Crippen molar-refractivity contribution in [2.75, 3.05) is 0 Å². The zero-order valence-corrected chi connectivity index (χ0v) is 9.53. The first-order valence-corrected chi connectivity index (χ1v) is 5.31. The zero-order valence-electron chi connectivity index (χ0n) is 9.53. The minimum absolute atomic E-state index is 0.0910. The number of rotatable bonds is 3. The van der Waals surface area contributed by atoms with E-state index < -0.39 is 5.63 Å². The van der Waals surface area contributed by atoms with Crippen molar-refractivity contribution in [3.05, 3.63) is 58.5 Å². The topological polar surface area (TPSA) is 47.3 Å². The number of Topliss-reactive ketones (excluding diaryl/α,β-unsaturated/α-hetero) is 1. The Morgan fingerprint density at radius 2 is 2.24 bits per heavy atom. The van der Waals surface area contributed by atoms with Crippen LogP contribution in [-0.2, 0) is 6.42 Å². The number of ketones is 1. The molecule has 0 bridgehead atoms. The molecule has 0 atom stereocenters. The minimum Gasteiger partial charge on any atom is -0.422 e. The van der Waals surface area contributed by atoms with Gasteiger partial charge in [-0.15, -0.1) is 6.58 Å². The Kier molecular flexibility index (Phi) is 2.91. The van der Waals surface area contributed by atoms with Crippen molar-refractivity contribution in [3.63, 3.8) is 0 Å². The van der Waals surface area contributed by atoms with Crippen LogP contribution in [0.5, 0.6) is 0 Å². The van der Waals surface area contributed by atoms with Crippen molar-refractivity contribution >= 4 is 16.8 Å². The van der Waals surface area contributed by atoms with Gasteiger partial charge in [0.2, 0.25) is 0 Å². The molecule has 0 saturated heterocycles. The molecule has 1 heterocycles. The van der Waals surface area contributed by atoms with E-state index in [4.69, 9.17) is 4.42 Å². The van der Waals surface area contributed by atoms with Crippen LogP contribution in [0.3, 0.4) is 0 Å². The minimum atomic E-state index is -0.582. The van der Waals surface area contributed by atoms with E-state index in [0.29, 0.717) is 12.0 Å². The van der Waals surface area contributed by atoms with E-state index in [9.17, 15) is 9.59 Å². The molecule has 17 heavy (non-hydrogen) atoms. The second-order valence-corrected chi connectivity index (χ2v) is 3.83. The van der Waals surface area contributed by atoms with E-state index >= 15 is 0 Å². The Labute approximate surface area is 98.4 Å². The van der Waals surface area contributed by atoms with Gasteiger partial charge in [0.1, 0.15) is 11.1 Å². The maximum Gasteiger partial charge on any atom is 0.347 e. The molecule has 0 aliphatic carbocycles. The molecule has 0 spiro atoms. The van der Waals surface area contributed by atoms with Crippen LogP contribution in [0.2, 0.25) is 0 Å². The Balaban J connectivity index is 2.77. The predicted molar refractivity (Wildman–Crippen MR) is 66.4 cm³/mol. The Morgan fingerprint density at radius 1 is 1.47 bits per heavy atom. The van der Waals surface area contributed by atoms with Crippen molar-refractivity contribution in [1.82, 2.24) is 0 Å². The van der Waals surface area contributed by atoms with Crippen molar-refractivity contribution in [2.45, 2.75) is 13.3 Å². The summed E-state index contributed by atoms with van der Waals surface area (Å²) in [7, 11) is 0. The van der Waals surface area contributed by atoms with Crippen LogP contribution in [0.4, 0.5) is 0 Å². The average Bonchev–Trinajstić information content (AvgIpc) is 2.29. The Morgan fingerprint density at radius 3 is 2.88 bits per heavy atom.